The van der Waals surface area contributed by atoms with Crippen molar-refractivity contribution in [3.8, 4) is 0 Å². The lowest BCUT2D eigenvalue weighted by Crippen LogP contribution is -2.10. The first-order valence-corrected chi connectivity index (χ1v) is 7.23. The van der Waals surface area contributed by atoms with Crippen LogP contribution in [0.1, 0.15) is 64.7 Å². The second-order valence-corrected chi connectivity index (χ2v) is 4.55. The molecule has 0 aliphatic rings. The number of aliphatic hydroxyl groups excluding tert-OH is 4. The second-order valence-electron chi connectivity index (χ2n) is 4.55. The van der Waals surface area contributed by atoms with Crippen LogP contribution in [0.25, 0.3) is 0 Å². The van der Waals surface area contributed by atoms with E-state index in [-0.39, 0.29) is 19.8 Å². The highest BCUT2D eigenvalue weighted by atomic mass is 16.3. The van der Waals surface area contributed by atoms with E-state index in [1.54, 1.807) is 0 Å². The summed E-state index contributed by atoms with van der Waals surface area (Å²) in [6, 6.07) is 0. The average Bonchev–Trinajstić information content (AvgIpc) is 2.41. The first-order valence-electron chi connectivity index (χ1n) is 7.23. The molecule has 0 radical (unpaired) electrons. The Labute approximate surface area is 112 Å². The minimum atomic E-state index is -0.491. The minimum absolute atomic E-state index is 0.0868. The highest BCUT2D eigenvalue weighted by Gasteiger charge is 2.00. The van der Waals surface area contributed by atoms with Crippen LogP contribution >= 0.6 is 0 Å². The van der Waals surface area contributed by atoms with E-state index in [1.807, 2.05) is 0 Å². The van der Waals surface area contributed by atoms with Gasteiger partial charge in [0, 0.05) is 0 Å². The third kappa shape index (κ3) is 21.2. The molecule has 0 bridgehead atoms. The fourth-order valence-electron chi connectivity index (χ4n) is 1.61. The molecule has 0 rings (SSSR count). The maximum absolute atomic E-state index is 9.08. The van der Waals surface area contributed by atoms with Crippen LogP contribution in [0.4, 0.5) is 0 Å². The average molecular weight is 264 g/mol. The summed E-state index contributed by atoms with van der Waals surface area (Å²) in [5, 5.41) is 32.9. The second kappa shape index (κ2) is 19.2. The van der Waals surface area contributed by atoms with Gasteiger partial charge in [-0.1, -0.05) is 58.3 Å². The van der Waals surface area contributed by atoms with Gasteiger partial charge in [0.25, 0.3) is 0 Å². The molecule has 0 aliphatic heterocycles. The van der Waals surface area contributed by atoms with Crippen molar-refractivity contribution >= 4 is 0 Å². The van der Waals surface area contributed by atoms with Crippen LogP contribution in [0.3, 0.4) is 0 Å². The molecule has 0 aromatic carbocycles. The van der Waals surface area contributed by atoms with Gasteiger partial charge in [0.15, 0.2) is 0 Å². The Morgan fingerprint density at radius 3 is 1.56 bits per heavy atom. The van der Waals surface area contributed by atoms with Crippen molar-refractivity contribution < 1.29 is 20.4 Å². The minimum Gasteiger partial charge on any atom is -0.394 e. The van der Waals surface area contributed by atoms with Crippen LogP contribution in [0.15, 0.2) is 0 Å². The zero-order chi connectivity index (χ0) is 14.1. The van der Waals surface area contributed by atoms with Crippen LogP contribution in [-0.4, -0.2) is 46.4 Å². The zero-order valence-electron chi connectivity index (χ0n) is 11.9. The standard InChI is InChI=1S/C12H26O2.C2H6O2/c1-2-3-4-5-6-7-8-9-10-12(14)11-13;3-1-2-4/h12-14H,2-11H2,1H3;3-4H,1-2H2. The van der Waals surface area contributed by atoms with E-state index in [1.165, 1.54) is 44.9 Å². The molecule has 0 amide bonds. The smallest absolute Gasteiger partial charge is 0.0770 e. The zero-order valence-corrected chi connectivity index (χ0v) is 11.9. The highest BCUT2D eigenvalue weighted by molar-refractivity contribution is 4.53. The SMILES string of the molecule is CCCCCCCCCCC(O)CO.OCCO. The van der Waals surface area contributed by atoms with Gasteiger partial charge in [-0.05, 0) is 6.42 Å². The van der Waals surface area contributed by atoms with Gasteiger partial charge in [-0.3, -0.25) is 0 Å². The molecule has 0 spiro atoms. The van der Waals surface area contributed by atoms with Crippen LogP contribution in [0.2, 0.25) is 0 Å². The molecule has 0 saturated carbocycles. The lowest BCUT2D eigenvalue weighted by atomic mass is 10.1. The van der Waals surface area contributed by atoms with Crippen molar-refractivity contribution in [2.45, 2.75) is 70.8 Å². The van der Waals surface area contributed by atoms with E-state index in [2.05, 4.69) is 6.92 Å². The quantitative estimate of drug-likeness (QED) is 0.429. The van der Waals surface area contributed by atoms with Crippen LogP contribution in [-0.2, 0) is 0 Å². The number of unbranched alkanes of at least 4 members (excludes halogenated alkanes) is 7. The van der Waals surface area contributed by atoms with E-state index in [9.17, 15) is 0 Å². The molecule has 0 aromatic rings. The Balaban J connectivity index is 0. The van der Waals surface area contributed by atoms with Crippen molar-refractivity contribution in [3.05, 3.63) is 0 Å². The van der Waals surface area contributed by atoms with Gasteiger partial charge in [0.1, 0.15) is 0 Å². The monoisotopic (exact) mass is 264 g/mol. The third-order valence-electron chi connectivity index (χ3n) is 2.70. The fraction of sp³-hybridized carbons (Fsp3) is 1.00. The van der Waals surface area contributed by atoms with Crippen molar-refractivity contribution in [2.24, 2.45) is 0 Å². The summed E-state index contributed by atoms with van der Waals surface area (Å²) < 4.78 is 0. The topological polar surface area (TPSA) is 80.9 Å². The molecular weight excluding hydrogens is 232 g/mol. The van der Waals surface area contributed by atoms with Gasteiger partial charge < -0.3 is 20.4 Å². The van der Waals surface area contributed by atoms with Gasteiger partial charge in [0.2, 0.25) is 0 Å². The lowest BCUT2D eigenvalue weighted by molar-refractivity contribution is 0.0860. The van der Waals surface area contributed by atoms with E-state index < -0.39 is 6.10 Å². The molecule has 0 aromatic heterocycles. The van der Waals surface area contributed by atoms with Gasteiger partial charge >= 0.3 is 0 Å². The van der Waals surface area contributed by atoms with Crippen LogP contribution in [0.5, 0.6) is 0 Å². The molecule has 1 atom stereocenters. The Hall–Kier alpha value is -0.160. The van der Waals surface area contributed by atoms with E-state index >= 15 is 0 Å². The predicted octanol–water partition coefficient (Wildman–Crippen LogP) is 1.84. The molecule has 1 unspecified atom stereocenters. The molecule has 4 nitrogen and oxygen atoms in total. The summed E-state index contributed by atoms with van der Waals surface area (Å²) in [5.74, 6) is 0. The van der Waals surface area contributed by atoms with Gasteiger partial charge in [-0.15, -0.1) is 0 Å². The lowest BCUT2D eigenvalue weighted by Gasteiger charge is -2.06. The van der Waals surface area contributed by atoms with Crippen molar-refractivity contribution in [2.75, 3.05) is 19.8 Å². The van der Waals surface area contributed by atoms with E-state index in [0.717, 1.165) is 12.8 Å². The summed E-state index contributed by atoms with van der Waals surface area (Å²) in [5.41, 5.74) is 0. The molecule has 18 heavy (non-hydrogen) atoms. The first kappa shape index (κ1) is 20.2. The molecule has 0 fully saturated rings. The molecule has 0 saturated heterocycles. The highest BCUT2D eigenvalue weighted by Crippen LogP contribution is 2.10. The number of rotatable bonds is 11. The fourth-order valence-corrected chi connectivity index (χ4v) is 1.61. The summed E-state index contributed by atoms with van der Waals surface area (Å²) >= 11 is 0. The van der Waals surface area contributed by atoms with Crippen LogP contribution in [0, 0.1) is 0 Å². The van der Waals surface area contributed by atoms with Gasteiger partial charge in [-0.25, -0.2) is 0 Å². The normalized spacial score (nSPS) is 11.8. The first-order chi connectivity index (χ1) is 8.72. The number of aliphatic hydroxyl groups is 4. The molecule has 0 aliphatic carbocycles. The molecule has 4 N–H and O–H groups in total. The number of hydrogen-bond acceptors (Lipinski definition) is 4. The van der Waals surface area contributed by atoms with Crippen LogP contribution < -0.4 is 0 Å². The summed E-state index contributed by atoms with van der Waals surface area (Å²) in [6.07, 6.45) is 10.5. The molecule has 112 valence electrons. The summed E-state index contributed by atoms with van der Waals surface area (Å²) in [6.45, 7) is 1.90. The van der Waals surface area contributed by atoms with Crippen molar-refractivity contribution in [3.63, 3.8) is 0 Å². The molecule has 4 heteroatoms. The summed E-state index contributed by atoms with van der Waals surface area (Å²) in [7, 11) is 0. The van der Waals surface area contributed by atoms with Crippen molar-refractivity contribution in [1.82, 2.24) is 0 Å². The predicted molar refractivity (Wildman–Crippen MR) is 74.5 cm³/mol. The van der Waals surface area contributed by atoms with E-state index in [4.69, 9.17) is 20.4 Å². The maximum Gasteiger partial charge on any atom is 0.0770 e. The van der Waals surface area contributed by atoms with Gasteiger partial charge in [0.05, 0.1) is 25.9 Å². The van der Waals surface area contributed by atoms with Crippen molar-refractivity contribution in [1.29, 1.82) is 0 Å². The molecule has 0 heterocycles. The maximum atomic E-state index is 9.08. The largest absolute Gasteiger partial charge is 0.394 e. The Kier molecular flexibility index (Phi) is 21.5. The summed E-state index contributed by atoms with van der Waals surface area (Å²) in [4.78, 5) is 0. The number of hydrogen-bond donors (Lipinski definition) is 4. The third-order valence-corrected chi connectivity index (χ3v) is 2.70. The Morgan fingerprint density at radius 2 is 1.17 bits per heavy atom. The van der Waals surface area contributed by atoms with Gasteiger partial charge in [-0.2, -0.15) is 0 Å². The Morgan fingerprint density at radius 1 is 0.722 bits per heavy atom. The van der Waals surface area contributed by atoms with E-state index in [0.29, 0.717) is 0 Å². The Bertz CT molecular complexity index is 129. The molecular formula is C14H32O4.